The minimum absolute atomic E-state index is 0.00780. The summed E-state index contributed by atoms with van der Waals surface area (Å²) in [6.07, 6.45) is 5.91. The maximum atomic E-state index is 13.0. The van der Waals surface area contributed by atoms with Gasteiger partial charge in [-0.15, -0.1) is 0 Å². The normalized spacial score (nSPS) is 17.1. The van der Waals surface area contributed by atoms with Gasteiger partial charge in [-0.1, -0.05) is 25.7 Å². The molecule has 1 aromatic rings. The quantitative estimate of drug-likeness (QED) is 0.690. The first-order valence-corrected chi connectivity index (χ1v) is 10.2. The van der Waals surface area contributed by atoms with Gasteiger partial charge in [-0.25, -0.2) is 17.9 Å². The van der Waals surface area contributed by atoms with Gasteiger partial charge >= 0.3 is 5.97 Å². The van der Waals surface area contributed by atoms with E-state index in [1.807, 2.05) is 20.8 Å². The minimum Gasteiger partial charge on any atom is -0.478 e. The molecule has 0 atom stereocenters. The standard InChI is InChI=1S/C18H28N2O4S/c1-18(2,3)19-15-11-10-13(17(21)22)12-16(15)25(23,24)20-14-8-6-4-5-7-9-14/h10-12,14,19-20H,4-9H2,1-3H3,(H,21,22). The molecule has 0 heterocycles. The molecule has 1 aromatic carbocycles. The van der Waals surface area contributed by atoms with Crippen LogP contribution in [0, 0.1) is 0 Å². The zero-order chi connectivity index (χ0) is 18.7. The molecule has 1 fully saturated rings. The van der Waals surface area contributed by atoms with Gasteiger partial charge in [0.15, 0.2) is 0 Å². The molecule has 7 heteroatoms. The van der Waals surface area contributed by atoms with Crippen molar-refractivity contribution in [2.75, 3.05) is 5.32 Å². The van der Waals surface area contributed by atoms with Gasteiger partial charge in [-0.2, -0.15) is 0 Å². The number of aromatic carboxylic acids is 1. The van der Waals surface area contributed by atoms with Crippen LogP contribution in [0.1, 0.15) is 69.7 Å². The minimum atomic E-state index is -3.81. The first kappa shape index (κ1) is 19.7. The molecular weight excluding hydrogens is 340 g/mol. The van der Waals surface area contributed by atoms with Crippen molar-refractivity contribution in [2.45, 2.75) is 75.8 Å². The number of nitrogens with one attached hydrogen (secondary N) is 2. The Balaban J connectivity index is 2.38. The Hall–Kier alpha value is -1.60. The van der Waals surface area contributed by atoms with Gasteiger partial charge in [0.2, 0.25) is 10.0 Å². The number of sulfonamides is 1. The van der Waals surface area contributed by atoms with Crippen molar-refractivity contribution < 1.29 is 18.3 Å². The van der Waals surface area contributed by atoms with Gasteiger partial charge < -0.3 is 10.4 Å². The summed E-state index contributed by atoms with van der Waals surface area (Å²) in [5, 5.41) is 12.4. The smallest absolute Gasteiger partial charge is 0.335 e. The van der Waals surface area contributed by atoms with E-state index in [1.165, 1.54) is 18.2 Å². The first-order valence-electron chi connectivity index (χ1n) is 8.76. The van der Waals surface area contributed by atoms with E-state index >= 15 is 0 Å². The summed E-state index contributed by atoms with van der Waals surface area (Å²) in [6, 6.07) is 4.08. The molecule has 0 radical (unpaired) electrons. The maximum absolute atomic E-state index is 13.0. The van der Waals surface area contributed by atoms with E-state index in [4.69, 9.17) is 0 Å². The molecule has 2 rings (SSSR count). The van der Waals surface area contributed by atoms with E-state index in [2.05, 4.69) is 10.0 Å². The third kappa shape index (κ3) is 5.71. The van der Waals surface area contributed by atoms with E-state index in [0.717, 1.165) is 38.5 Å². The fourth-order valence-electron chi connectivity index (χ4n) is 3.07. The van der Waals surface area contributed by atoms with Crippen molar-refractivity contribution in [1.29, 1.82) is 0 Å². The van der Waals surface area contributed by atoms with Crippen molar-refractivity contribution in [3.8, 4) is 0 Å². The molecule has 0 saturated heterocycles. The zero-order valence-electron chi connectivity index (χ0n) is 15.1. The van der Waals surface area contributed by atoms with Crippen LogP contribution in [-0.4, -0.2) is 31.1 Å². The average Bonchev–Trinajstić information content (AvgIpc) is 2.73. The fourth-order valence-corrected chi connectivity index (χ4v) is 4.56. The molecule has 6 nitrogen and oxygen atoms in total. The van der Waals surface area contributed by atoms with E-state index in [1.54, 1.807) is 0 Å². The van der Waals surface area contributed by atoms with Crippen molar-refractivity contribution in [3.05, 3.63) is 23.8 Å². The van der Waals surface area contributed by atoms with Crippen molar-refractivity contribution in [1.82, 2.24) is 4.72 Å². The highest BCUT2D eigenvalue weighted by atomic mass is 32.2. The molecule has 0 amide bonds. The molecular formula is C18H28N2O4S. The predicted octanol–water partition coefficient (Wildman–Crippen LogP) is 3.60. The second-order valence-electron chi connectivity index (χ2n) is 7.70. The lowest BCUT2D eigenvalue weighted by Gasteiger charge is -2.25. The largest absolute Gasteiger partial charge is 0.478 e. The van der Waals surface area contributed by atoms with E-state index in [9.17, 15) is 18.3 Å². The van der Waals surface area contributed by atoms with Crippen LogP contribution in [0.4, 0.5) is 5.69 Å². The Morgan fingerprint density at radius 1 is 1.12 bits per heavy atom. The molecule has 1 aliphatic carbocycles. The van der Waals surface area contributed by atoms with Gasteiger partial charge in [-0.3, -0.25) is 0 Å². The highest BCUT2D eigenvalue weighted by molar-refractivity contribution is 7.89. The summed E-state index contributed by atoms with van der Waals surface area (Å²) < 4.78 is 28.7. The predicted molar refractivity (Wildman–Crippen MR) is 98.6 cm³/mol. The summed E-state index contributed by atoms with van der Waals surface area (Å²) in [7, 11) is -3.81. The lowest BCUT2D eigenvalue weighted by atomic mass is 10.1. The Morgan fingerprint density at radius 2 is 1.72 bits per heavy atom. The Morgan fingerprint density at radius 3 is 2.24 bits per heavy atom. The lowest BCUT2D eigenvalue weighted by molar-refractivity contribution is 0.0696. The summed E-state index contributed by atoms with van der Waals surface area (Å²) >= 11 is 0. The van der Waals surface area contributed by atoms with Crippen LogP contribution in [0.15, 0.2) is 23.1 Å². The summed E-state index contributed by atoms with van der Waals surface area (Å²) in [6.45, 7) is 5.77. The summed E-state index contributed by atoms with van der Waals surface area (Å²) in [4.78, 5) is 11.3. The van der Waals surface area contributed by atoms with Crippen molar-refractivity contribution >= 4 is 21.7 Å². The molecule has 25 heavy (non-hydrogen) atoms. The average molecular weight is 368 g/mol. The van der Waals surface area contributed by atoms with E-state index in [0.29, 0.717) is 5.69 Å². The molecule has 0 bridgehead atoms. The van der Waals surface area contributed by atoms with Gasteiger partial charge in [0.05, 0.1) is 11.3 Å². The van der Waals surface area contributed by atoms with Crippen LogP contribution in [-0.2, 0) is 10.0 Å². The summed E-state index contributed by atoms with van der Waals surface area (Å²) in [5.74, 6) is -1.15. The van der Waals surface area contributed by atoms with Crippen LogP contribution < -0.4 is 10.0 Å². The number of carbonyl (C=O) groups is 1. The maximum Gasteiger partial charge on any atom is 0.335 e. The molecule has 140 valence electrons. The highest BCUT2D eigenvalue weighted by Crippen LogP contribution is 2.27. The van der Waals surface area contributed by atoms with Gasteiger partial charge in [0.1, 0.15) is 4.90 Å². The Kier molecular flexibility index (Phi) is 6.11. The molecule has 1 saturated carbocycles. The Bertz CT molecular complexity index is 715. The van der Waals surface area contributed by atoms with Gasteiger partial charge in [0.25, 0.3) is 0 Å². The number of benzene rings is 1. The number of hydrogen-bond donors (Lipinski definition) is 3. The molecule has 1 aliphatic rings. The van der Waals surface area contributed by atoms with Gasteiger partial charge in [-0.05, 0) is 51.8 Å². The van der Waals surface area contributed by atoms with Crippen molar-refractivity contribution in [2.24, 2.45) is 0 Å². The zero-order valence-corrected chi connectivity index (χ0v) is 15.9. The SMILES string of the molecule is CC(C)(C)Nc1ccc(C(=O)O)cc1S(=O)(=O)NC1CCCCCC1. The second kappa shape index (κ2) is 7.74. The van der Waals surface area contributed by atoms with Crippen LogP contribution in [0.2, 0.25) is 0 Å². The van der Waals surface area contributed by atoms with Crippen LogP contribution >= 0.6 is 0 Å². The molecule has 0 spiro atoms. The Labute approximate surface area is 150 Å². The third-order valence-electron chi connectivity index (χ3n) is 4.20. The number of carboxylic acids is 1. The molecule has 0 aromatic heterocycles. The number of hydrogen-bond acceptors (Lipinski definition) is 4. The van der Waals surface area contributed by atoms with Crippen LogP contribution in [0.5, 0.6) is 0 Å². The van der Waals surface area contributed by atoms with E-state index in [-0.39, 0.29) is 22.0 Å². The number of rotatable bonds is 5. The third-order valence-corrected chi connectivity index (χ3v) is 5.77. The topological polar surface area (TPSA) is 95.5 Å². The number of carboxylic acid groups (broad SMARTS) is 1. The summed E-state index contributed by atoms with van der Waals surface area (Å²) in [5.41, 5.74) is 0.0245. The van der Waals surface area contributed by atoms with Crippen molar-refractivity contribution in [3.63, 3.8) is 0 Å². The lowest BCUT2D eigenvalue weighted by Crippen LogP contribution is -2.35. The first-order chi connectivity index (χ1) is 11.6. The van der Waals surface area contributed by atoms with Crippen LogP contribution in [0.25, 0.3) is 0 Å². The molecule has 0 unspecified atom stereocenters. The monoisotopic (exact) mass is 368 g/mol. The second-order valence-corrected chi connectivity index (χ2v) is 9.38. The molecule has 0 aliphatic heterocycles. The highest BCUT2D eigenvalue weighted by Gasteiger charge is 2.26. The van der Waals surface area contributed by atoms with E-state index < -0.39 is 16.0 Å². The van der Waals surface area contributed by atoms with Gasteiger partial charge in [0, 0.05) is 11.6 Å². The molecule has 3 N–H and O–H groups in total. The van der Waals surface area contributed by atoms with Crippen LogP contribution in [0.3, 0.4) is 0 Å². The number of anilines is 1. The fraction of sp³-hybridized carbons (Fsp3) is 0.611.